The molecule has 4 aromatic carbocycles. The second-order valence-electron chi connectivity index (χ2n) is 10.4. The van der Waals surface area contributed by atoms with Crippen molar-refractivity contribution in [1.82, 2.24) is 4.90 Å². The molecule has 0 aliphatic carbocycles. The number of ether oxygens (including phenoxy) is 2. The van der Waals surface area contributed by atoms with Crippen LogP contribution in [0.25, 0.3) is 0 Å². The standard InChI is InChI=1S/C35H28N4O6/c1-44-27-17-16-25(18-28(27)45-2)29-30(33(40)24-14-10-22(20-37)11-15-24)31(23-12-8-21(19-36)9-13-23)39(32(29)34(41)42)35(43)38-26-6-4-3-5-7-26/h3-18,29-32H,1-2H3,(H,38,43)(H,41,42). The van der Waals surface area contributed by atoms with Gasteiger partial charge in [-0.2, -0.15) is 10.5 Å². The number of carboxylic acids is 1. The Morgan fingerprint density at radius 3 is 1.91 bits per heavy atom. The number of aliphatic carboxylic acids is 1. The summed E-state index contributed by atoms with van der Waals surface area (Å²) in [7, 11) is 2.92. The van der Waals surface area contributed by atoms with Crippen LogP contribution in [-0.4, -0.2) is 48.1 Å². The molecule has 1 saturated heterocycles. The zero-order valence-corrected chi connectivity index (χ0v) is 24.4. The highest BCUT2D eigenvalue weighted by Gasteiger charge is 2.58. The topological polar surface area (TPSA) is 153 Å². The third-order valence-corrected chi connectivity index (χ3v) is 7.95. The summed E-state index contributed by atoms with van der Waals surface area (Å²) in [5, 5.41) is 32.3. The van der Waals surface area contributed by atoms with Crippen molar-refractivity contribution in [3.8, 4) is 23.6 Å². The molecular weight excluding hydrogens is 572 g/mol. The molecule has 2 N–H and O–H groups in total. The van der Waals surface area contributed by atoms with Crippen molar-refractivity contribution in [3.63, 3.8) is 0 Å². The SMILES string of the molecule is COc1ccc(C2C(C(=O)c3ccc(C#N)cc3)C(c3ccc(C#N)cc3)N(C(=O)Nc3ccccc3)C2C(=O)O)cc1OC. The van der Waals surface area contributed by atoms with Gasteiger partial charge in [0.25, 0.3) is 0 Å². The summed E-state index contributed by atoms with van der Waals surface area (Å²) in [4.78, 5) is 43.1. The lowest BCUT2D eigenvalue weighted by molar-refractivity contribution is -0.142. The number of para-hydroxylation sites is 1. The van der Waals surface area contributed by atoms with Gasteiger partial charge in [0.1, 0.15) is 6.04 Å². The number of carbonyl (C=O) groups excluding carboxylic acids is 2. The summed E-state index contributed by atoms with van der Waals surface area (Å²) in [6, 6.07) is 26.7. The van der Waals surface area contributed by atoms with Gasteiger partial charge in [-0.1, -0.05) is 48.5 Å². The fourth-order valence-electron chi connectivity index (χ4n) is 5.93. The number of nitrogens with one attached hydrogen (secondary N) is 1. The molecule has 10 heteroatoms. The summed E-state index contributed by atoms with van der Waals surface area (Å²) < 4.78 is 10.9. The maximum absolute atomic E-state index is 14.6. The fourth-order valence-corrected chi connectivity index (χ4v) is 5.93. The molecule has 1 aliphatic rings. The number of benzene rings is 4. The Morgan fingerprint density at radius 2 is 1.36 bits per heavy atom. The molecule has 0 spiro atoms. The lowest BCUT2D eigenvalue weighted by Crippen LogP contribution is -2.45. The number of amides is 2. The predicted molar refractivity (Wildman–Crippen MR) is 164 cm³/mol. The molecule has 1 heterocycles. The van der Waals surface area contributed by atoms with E-state index in [1.165, 1.54) is 43.4 Å². The van der Waals surface area contributed by atoms with Gasteiger partial charge >= 0.3 is 12.0 Å². The van der Waals surface area contributed by atoms with Gasteiger partial charge in [-0.15, -0.1) is 0 Å². The molecule has 4 atom stereocenters. The van der Waals surface area contributed by atoms with E-state index in [4.69, 9.17) is 9.47 Å². The maximum Gasteiger partial charge on any atom is 0.327 e. The summed E-state index contributed by atoms with van der Waals surface area (Å²) in [6.45, 7) is 0. The smallest absolute Gasteiger partial charge is 0.327 e. The van der Waals surface area contributed by atoms with E-state index in [2.05, 4.69) is 11.4 Å². The summed E-state index contributed by atoms with van der Waals surface area (Å²) in [6.07, 6.45) is 0. The normalized spacial score (nSPS) is 18.7. The quantitative estimate of drug-likeness (QED) is 0.242. The van der Waals surface area contributed by atoms with Crippen molar-refractivity contribution >= 4 is 23.5 Å². The van der Waals surface area contributed by atoms with Crippen LogP contribution in [0.3, 0.4) is 0 Å². The first-order chi connectivity index (χ1) is 21.8. The monoisotopic (exact) mass is 600 g/mol. The van der Waals surface area contributed by atoms with Crippen molar-refractivity contribution in [2.45, 2.75) is 18.0 Å². The number of nitrogens with zero attached hydrogens (tertiary/aromatic N) is 3. The first kappa shape index (κ1) is 30.3. The van der Waals surface area contributed by atoms with Crippen molar-refractivity contribution in [2.24, 2.45) is 5.92 Å². The number of hydrogen-bond acceptors (Lipinski definition) is 7. The Hall–Kier alpha value is -6.13. The van der Waals surface area contributed by atoms with E-state index in [0.717, 1.165) is 0 Å². The van der Waals surface area contributed by atoms with Gasteiger partial charge in [-0.3, -0.25) is 4.79 Å². The Labute approximate surface area is 259 Å². The van der Waals surface area contributed by atoms with E-state index < -0.39 is 41.7 Å². The van der Waals surface area contributed by atoms with Gasteiger partial charge in [0, 0.05) is 17.2 Å². The second-order valence-corrected chi connectivity index (χ2v) is 10.4. The number of carboxylic acid groups (broad SMARTS) is 1. The van der Waals surface area contributed by atoms with Crippen LogP contribution in [0.5, 0.6) is 11.5 Å². The third-order valence-electron chi connectivity index (χ3n) is 7.95. The minimum absolute atomic E-state index is 0.248. The number of rotatable bonds is 8. The molecule has 4 unspecified atom stereocenters. The van der Waals surface area contributed by atoms with Crippen LogP contribution in [-0.2, 0) is 4.79 Å². The molecule has 0 saturated carbocycles. The van der Waals surface area contributed by atoms with Gasteiger partial charge in [-0.05, 0) is 59.7 Å². The van der Waals surface area contributed by atoms with E-state index in [1.807, 2.05) is 6.07 Å². The highest BCUT2D eigenvalue weighted by atomic mass is 16.5. The molecule has 1 aliphatic heterocycles. The van der Waals surface area contributed by atoms with E-state index in [-0.39, 0.29) is 5.56 Å². The lowest BCUT2D eigenvalue weighted by atomic mass is 9.76. The predicted octanol–water partition coefficient (Wildman–Crippen LogP) is 5.77. The summed E-state index contributed by atoms with van der Waals surface area (Å²) in [5.41, 5.74) is 2.31. The van der Waals surface area contributed by atoms with Crippen LogP contribution < -0.4 is 14.8 Å². The maximum atomic E-state index is 14.6. The van der Waals surface area contributed by atoms with Crippen LogP contribution in [0.15, 0.2) is 97.1 Å². The molecule has 0 aromatic heterocycles. The first-order valence-electron chi connectivity index (χ1n) is 13.9. The number of Topliss-reactive ketones (excluding diaryl/α,β-unsaturated/α-hetero) is 1. The Morgan fingerprint density at radius 1 is 0.778 bits per heavy atom. The lowest BCUT2D eigenvalue weighted by Gasteiger charge is -2.30. The zero-order valence-electron chi connectivity index (χ0n) is 24.4. The molecular formula is C35H28N4O6. The molecule has 224 valence electrons. The van der Waals surface area contributed by atoms with Gasteiger partial charge in [0.05, 0.1) is 49.4 Å². The van der Waals surface area contributed by atoms with Crippen LogP contribution >= 0.6 is 0 Å². The first-order valence-corrected chi connectivity index (χ1v) is 13.9. The van der Waals surface area contributed by atoms with Gasteiger partial charge in [-0.25, -0.2) is 9.59 Å². The second kappa shape index (κ2) is 13.0. The van der Waals surface area contributed by atoms with Crippen molar-refractivity contribution in [2.75, 3.05) is 19.5 Å². The summed E-state index contributed by atoms with van der Waals surface area (Å²) >= 11 is 0. The largest absolute Gasteiger partial charge is 0.493 e. The zero-order chi connectivity index (χ0) is 32.1. The average molecular weight is 601 g/mol. The number of ketones is 1. The number of hydrogen-bond donors (Lipinski definition) is 2. The molecule has 4 aromatic rings. The molecule has 10 nitrogen and oxygen atoms in total. The van der Waals surface area contributed by atoms with Crippen molar-refractivity contribution in [3.05, 3.63) is 125 Å². The number of urea groups is 1. The van der Waals surface area contributed by atoms with Crippen LogP contribution in [0.2, 0.25) is 0 Å². The third kappa shape index (κ3) is 5.90. The van der Waals surface area contributed by atoms with E-state index in [9.17, 15) is 30.0 Å². The molecule has 5 rings (SSSR count). The highest BCUT2D eigenvalue weighted by Crippen LogP contribution is 2.52. The van der Waals surface area contributed by atoms with Gasteiger partial charge < -0.3 is 24.8 Å². The van der Waals surface area contributed by atoms with Gasteiger partial charge in [0.2, 0.25) is 0 Å². The minimum Gasteiger partial charge on any atom is -0.493 e. The van der Waals surface area contributed by atoms with Crippen molar-refractivity contribution < 1.29 is 29.0 Å². The number of likely N-dealkylation sites (tertiary alicyclic amines) is 1. The number of methoxy groups -OCH3 is 2. The van der Waals surface area contributed by atoms with Crippen LogP contribution in [0, 0.1) is 28.6 Å². The Balaban J connectivity index is 1.76. The van der Waals surface area contributed by atoms with E-state index >= 15 is 0 Å². The molecule has 0 radical (unpaired) electrons. The minimum atomic E-state index is -1.50. The van der Waals surface area contributed by atoms with E-state index in [1.54, 1.807) is 72.8 Å². The van der Waals surface area contributed by atoms with E-state index in [0.29, 0.717) is 39.4 Å². The van der Waals surface area contributed by atoms with Crippen LogP contribution in [0.1, 0.15) is 44.6 Å². The van der Waals surface area contributed by atoms with Crippen molar-refractivity contribution in [1.29, 1.82) is 10.5 Å². The Bertz CT molecular complexity index is 1810. The number of nitriles is 2. The molecule has 2 amide bonds. The number of anilines is 1. The average Bonchev–Trinajstić information content (AvgIpc) is 3.45. The molecule has 1 fully saturated rings. The Kier molecular flexibility index (Phi) is 8.78. The highest BCUT2D eigenvalue weighted by molar-refractivity contribution is 6.02. The fraction of sp³-hybridized carbons (Fsp3) is 0.171. The number of carbonyl (C=O) groups is 3. The molecule has 45 heavy (non-hydrogen) atoms. The van der Waals surface area contributed by atoms with Crippen LogP contribution in [0.4, 0.5) is 10.5 Å². The molecule has 0 bridgehead atoms. The summed E-state index contributed by atoms with van der Waals surface area (Å²) in [5.74, 6) is -3.16. The van der Waals surface area contributed by atoms with Gasteiger partial charge in [0.15, 0.2) is 17.3 Å².